The van der Waals surface area contributed by atoms with Crippen molar-refractivity contribution in [2.45, 2.75) is 61.9 Å². The number of aromatic nitrogens is 2. The van der Waals surface area contributed by atoms with Crippen molar-refractivity contribution in [2.75, 3.05) is 26.4 Å². The van der Waals surface area contributed by atoms with Gasteiger partial charge in [0.25, 0.3) is 0 Å². The van der Waals surface area contributed by atoms with Gasteiger partial charge in [0.2, 0.25) is 35.4 Å². The second-order valence-electron chi connectivity index (χ2n) is 11.1. The lowest BCUT2D eigenvalue weighted by Gasteiger charge is -2.29. The second-order valence-corrected chi connectivity index (χ2v) is 11.1. The Balaban J connectivity index is 1.72. The zero-order valence-electron chi connectivity index (χ0n) is 25.9. The average molecular weight is 676 g/mol. The zero-order valence-corrected chi connectivity index (χ0v) is 25.9. The highest BCUT2D eigenvalue weighted by Gasteiger charge is 2.39. The van der Waals surface area contributed by atoms with Gasteiger partial charge in [-0.25, -0.2) is 4.98 Å². The minimum Gasteiger partial charge on any atom is -0.508 e. The number of carbonyl (C=O) groups excluding carboxylic acids is 6. The van der Waals surface area contributed by atoms with Gasteiger partial charge >= 0.3 is 0 Å². The van der Waals surface area contributed by atoms with Gasteiger partial charge in [-0.15, -0.1) is 0 Å². The van der Waals surface area contributed by atoms with Crippen LogP contribution in [0.5, 0.6) is 5.75 Å². The van der Waals surface area contributed by atoms with Gasteiger partial charge < -0.3 is 63.0 Å². The van der Waals surface area contributed by atoms with Crippen molar-refractivity contribution in [3.63, 3.8) is 0 Å². The first-order chi connectivity index (χ1) is 22.9. The Morgan fingerprint density at radius 2 is 1.48 bits per heavy atom. The molecule has 48 heavy (non-hydrogen) atoms. The first-order valence-electron chi connectivity index (χ1n) is 15.0. The molecule has 0 bridgehead atoms. The number of hydrogen-bond donors (Lipinski definition) is 11. The molecule has 2 heterocycles. The minimum atomic E-state index is -1.57. The zero-order chi connectivity index (χ0) is 35.4. The van der Waals surface area contributed by atoms with Crippen LogP contribution in [0, 0.1) is 0 Å². The number of benzene rings is 1. The van der Waals surface area contributed by atoms with Gasteiger partial charge in [0.05, 0.1) is 31.8 Å². The molecule has 19 heteroatoms. The number of nitrogens with zero attached hydrogens (tertiary/aromatic N) is 2. The van der Waals surface area contributed by atoms with Crippen molar-refractivity contribution in [2.24, 2.45) is 11.5 Å². The normalized spacial score (nSPS) is 17.3. The summed E-state index contributed by atoms with van der Waals surface area (Å²) in [5, 5.41) is 47.8. The van der Waals surface area contributed by atoms with Crippen LogP contribution in [0.2, 0.25) is 0 Å². The number of likely N-dealkylation sites (tertiary alicyclic amines) is 1. The van der Waals surface area contributed by atoms with Crippen LogP contribution >= 0.6 is 0 Å². The van der Waals surface area contributed by atoms with Crippen molar-refractivity contribution in [3.8, 4) is 5.75 Å². The summed E-state index contributed by atoms with van der Waals surface area (Å²) in [6, 6.07) is -2.22. The number of aliphatic hydroxyl groups is 3. The molecule has 0 aliphatic carbocycles. The summed E-state index contributed by atoms with van der Waals surface area (Å²) in [6.07, 6.45) is 3.18. The first-order valence-corrected chi connectivity index (χ1v) is 15.0. The molecule has 1 fully saturated rings. The minimum absolute atomic E-state index is 0.00696. The third-order valence-corrected chi connectivity index (χ3v) is 7.62. The number of nitrogens with one attached hydrogen (secondary N) is 5. The number of aliphatic hydroxyl groups excluding tert-OH is 3. The number of carbonyl (C=O) groups is 6. The number of amides is 6. The average Bonchev–Trinajstić information content (AvgIpc) is 3.78. The van der Waals surface area contributed by atoms with E-state index in [4.69, 9.17) is 16.6 Å². The van der Waals surface area contributed by atoms with E-state index < -0.39 is 91.5 Å². The van der Waals surface area contributed by atoms with E-state index in [0.717, 1.165) is 4.90 Å². The van der Waals surface area contributed by atoms with Crippen LogP contribution in [0.25, 0.3) is 0 Å². The van der Waals surface area contributed by atoms with E-state index in [1.54, 1.807) is 0 Å². The highest BCUT2D eigenvalue weighted by atomic mass is 16.3. The molecule has 1 saturated heterocycles. The van der Waals surface area contributed by atoms with Crippen LogP contribution in [-0.4, -0.2) is 133 Å². The smallest absolute Gasteiger partial charge is 0.248 e. The number of imidazole rings is 1. The summed E-state index contributed by atoms with van der Waals surface area (Å²) in [7, 11) is 0. The number of aromatic hydroxyl groups is 1. The van der Waals surface area contributed by atoms with Gasteiger partial charge in [-0.2, -0.15) is 0 Å². The summed E-state index contributed by atoms with van der Waals surface area (Å²) in [4.78, 5) is 85.3. The maximum atomic E-state index is 13.5. The fourth-order valence-corrected chi connectivity index (χ4v) is 4.97. The summed E-state index contributed by atoms with van der Waals surface area (Å²) in [5.41, 5.74) is 11.8. The maximum Gasteiger partial charge on any atom is 0.248 e. The van der Waals surface area contributed by atoms with Gasteiger partial charge in [-0.1, -0.05) is 12.1 Å². The third-order valence-electron chi connectivity index (χ3n) is 7.62. The molecule has 1 aromatic heterocycles. The lowest BCUT2D eigenvalue weighted by atomic mass is 10.0. The Kier molecular flexibility index (Phi) is 13.8. The summed E-state index contributed by atoms with van der Waals surface area (Å²) >= 11 is 0. The SMILES string of the molecule is NC(=O)[C@H](Cc1ccc(O)cc1)NC(=O)[C@H](CO)NC(=O)[C@H](Cc1c[nH]cn1)NC(=O)[C@@H]1CCCN1C(=O)[C@H](CO)NC(=O)[C@@H](N)CO. The Hall–Kier alpha value is -5.11. The largest absolute Gasteiger partial charge is 0.508 e. The quantitative estimate of drug-likeness (QED) is 0.0749. The van der Waals surface area contributed by atoms with Crippen LogP contribution in [0.3, 0.4) is 0 Å². The first kappa shape index (κ1) is 37.3. The van der Waals surface area contributed by atoms with Crippen molar-refractivity contribution in [1.29, 1.82) is 0 Å². The van der Waals surface area contributed by atoms with Gasteiger partial charge in [0, 0.05) is 25.6 Å². The third kappa shape index (κ3) is 10.2. The fraction of sp³-hybridized carbons (Fsp3) is 0.483. The van der Waals surface area contributed by atoms with Crippen molar-refractivity contribution in [3.05, 3.63) is 48.0 Å². The van der Waals surface area contributed by atoms with E-state index in [9.17, 15) is 44.1 Å². The van der Waals surface area contributed by atoms with E-state index in [2.05, 4.69) is 31.2 Å². The molecule has 0 saturated carbocycles. The topological polar surface area (TPSA) is 315 Å². The molecule has 3 rings (SSSR count). The number of rotatable bonds is 17. The molecule has 13 N–H and O–H groups in total. The molecule has 262 valence electrons. The van der Waals surface area contributed by atoms with Crippen LogP contribution < -0.4 is 32.7 Å². The van der Waals surface area contributed by atoms with Crippen molar-refractivity contribution < 1.29 is 49.2 Å². The molecule has 0 radical (unpaired) electrons. The van der Waals surface area contributed by atoms with Crippen LogP contribution in [0.4, 0.5) is 0 Å². The van der Waals surface area contributed by atoms with E-state index in [-0.39, 0.29) is 31.6 Å². The van der Waals surface area contributed by atoms with Crippen LogP contribution in [0.15, 0.2) is 36.8 Å². The predicted molar refractivity (Wildman–Crippen MR) is 165 cm³/mol. The van der Waals surface area contributed by atoms with E-state index >= 15 is 0 Å². The number of hydrogen-bond acceptors (Lipinski definition) is 12. The molecule has 2 aromatic rings. The fourth-order valence-electron chi connectivity index (χ4n) is 4.97. The standard InChI is InChI=1S/C29H41N9O10/c30-18(11-39)25(44)37-22(13-41)29(48)38-7-1-2-23(38)28(47)35-20(9-16-10-32-14-33-16)26(45)36-21(12-40)27(46)34-19(24(31)43)8-15-3-5-17(42)6-4-15/h3-6,10,14,18-23,39-42H,1-2,7-9,11-13,30H2,(H2,31,43)(H,32,33)(H,34,46)(H,35,47)(H,36,45)(H,37,44)/t18-,19-,20-,21-,22-,23-/m0/s1. The molecular formula is C29H41N9O10. The van der Waals surface area contributed by atoms with Gasteiger partial charge in [0.15, 0.2) is 0 Å². The predicted octanol–water partition coefficient (Wildman–Crippen LogP) is -5.38. The number of primary amides is 1. The molecule has 1 aliphatic heterocycles. The lowest BCUT2D eigenvalue weighted by Crippen LogP contribution is -2.60. The second kappa shape index (κ2) is 17.7. The number of aromatic amines is 1. The monoisotopic (exact) mass is 675 g/mol. The number of phenolic OH excluding ortho intramolecular Hbond substituents is 1. The van der Waals surface area contributed by atoms with Crippen LogP contribution in [-0.2, 0) is 41.6 Å². The number of phenols is 1. The van der Waals surface area contributed by atoms with Gasteiger partial charge in [-0.3, -0.25) is 28.8 Å². The summed E-state index contributed by atoms with van der Waals surface area (Å²) in [5.74, 6) is -5.15. The Labute approximate surface area is 274 Å². The summed E-state index contributed by atoms with van der Waals surface area (Å²) in [6.45, 7) is -2.29. The number of H-pyrrole nitrogens is 1. The van der Waals surface area contributed by atoms with Gasteiger partial charge in [0.1, 0.15) is 42.0 Å². The summed E-state index contributed by atoms with van der Waals surface area (Å²) < 4.78 is 0. The molecule has 0 unspecified atom stereocenters. The highest BCUT2D eigenvalue weighted by Crippen LogP contribution is 2.19. The molecule has 6 amide bonds. The van der Waals surface area contributed by atoms with Gasteiger partial charge in [-0.05, 0) is 30.5 Å². The molecule has 1 aliphatic rings. The molecule has 1 aromatic carbocycles. The van der Waals surface area contributed by atoms with Crippen molar-refractivity contribution >= 4 is 35.4 Å². The Morgan fingerprint density at radius 1 is 0.854 bits per heavy atom. The van der Waals surface area contributed by atoms with E-state index in [1.807, 2.05) is 0 Å². The lowest BCUT2D eigenvalue weighted by molar-refractivity contribution is -0.143. The van der Waals surface area contributed by atoms with Crippen molar-refractivity contribution in [1.82, 2.24) is 36.1 Å². The van der Waals surface area contributed by atoms with E-state index in [0.29, 0.717) is 17.7 Å². The highest BCUT2D eigenvalue weighted by molar-refractivity contribution is 5.97. The van der Waals surface area contributed by atoms with Crippen LogP contribution in [0.1, 0.15) is 24.1 Å². The van der Waals surface area contributed by atoms with E-state index in [1.165, 1.54) is 36.8 Å². The molecule has 19 nitrogen and oxygen atoms in total. The Morgan fingerprint density at radius 3 is 2.06 bits per heavy atom. The number of nitrogens with two attached hydrogens (primary N) is 2. The molecule has 0 spiro atoms. The molecular weight excluding hydrogens is 634 g/mol. The molecule has 6 atom stereocenters. The maximum absolute atomic E-state index is 13.5. The Bertz CT molecular complexity index is 1420.